The summed E-state index contributed by atoms with van der Waals surface area (Å²) in [6.45, 7) is 4.46. The van der Waals surface area contributed by atoms with E-state index in [9.17, 15) is 0 Å². The van der Waals surface area contributed by atoms with Gasteiger partial charge in [-0.15, -0.1) is 11.6 Å². The second kappa shape index (κ2) is 8.89. The molecule has 1 fully saturated rings. The molecule has 20 heavy (non-hydrogen) atoms. The molecule has 0 aromatic heterocycles. The zero-order valence-electron chi connectivity index (χ0n) is 11.9. The number of hydrogen-bond acceptors (Lipinski definition) is 2. The molecule has 0 radical (unpaired) electrons. The normalized spacial score (nSPS) is 14.8. The first-order valence-electron chi connectivity index (χ1n) is 7.38. The van der Waals surface area contributed by atoms with Crippen LogP contribution < -0.4 is 4.74 Å². The van der Waals surface area contributed by atoms with Crippen LogP contribution in [0, 0.1) is 11.8 Å². The lowest BCUT2D eigenvalue weighted by molar-refractivity contribution is 0.263. The highest BCUT2D eigenvalue weighted by Crippen LogP contribution is 2.12. The monoisotopic (exact) mass is 291 g/mol. The topological polar surface area (TPSA) is 12.5 Å². The van der Waals surface area contributed by atoms with Crippen molar-refractivity contribution < 1.29 is 4.74 Å². The highest BCUT2D eigenvalue weighted by Gasteiger charge is 2.10. The zero-order chi connectivity index (χ0) is 14.0. The minimum atomic E-state index is 0.589. The Morgan fingerprint density at radius 1 is 1.15 bits per heavy atom. The highest BCUT2D eigenvalue weighted by molar-refractivity contribution is 6.18. The van der Waals surface area contributed by atoms with Gasteiger partial charge in [-0.1, -0.05) is 11.8 Å². The van der Waals surface area contributed by atoms with Crippen molar-refractivity contribution in [3.05, 3.63) is 29.8 Å². The van der Waals surface area contributed by atoms with Crippen LogP contribution in [0.25, 0.3) is 0 Å². The van der Waals surface area contributed by atoms with E-state index < -0.39 is 0 Å². The molecular formula is C17H22ClNO. The maximum Gasteiger partial charge on any atom is 0.119 e. The van der Waals surface area contributed by atoms with Crippen molar-refractivity contribution in [2.45, 2.75) is 25.7 Å². The van der Waals surface area contributed by atoms with Crippen molar-refractivity contribution in [2.24, 2.45) is 0 Å². The molecule has 1 aromatic carbocycles. The highest BCUT2D eigenvalue weighted by atomic mass is 35.5. The number of alkyl halides is 1. The molecule has 0 saturated carbocycles. The Labute approximate surface area is 127 Å². The van der Waals surface area contributed by atoms with Crippen molar-refractivity contribution in [1.82, 2.24) is 4.90 Å². The molecule has 0 bridgehead atoms. The molecule has 108 valence electrons. The van der Waals surface area contributed by atoms with Crippen LogP contribution in [0.5, 0.6) is 5.75 Å². The summed E-state index contributed by atoms with van der Waals surface area (Å²) in [5, 5.41) is 0. The Morgan fingerprint density at radius 3 is 2.60 bits per heavy atom. The van der Waals surface area contributed by atoms with Gasteiger partial charge in [0.1, 0.15) is 5.75 Å². The van der Waals surface area contributed by atoms with E-state index >= 15 is 0 Å². The summed E-state index contributed by atoms with van der Waals surface area (Å²) in [6.07, 6.45) is 4.54. The van der Waals surface area contributed by atoms with E-state index in [1.165, 1.54) is 25.9 Å². The van der Waals surface area contributed by atoms with Gasteiger partial charge in [-0.3, -0.25) is 0 Å². The van der Waals surface area contributed by atoms with Crippen molar-refractivity contribution in [3.8, 4) is 17.6 Å². The fraction of sp³-hybridized carbons (Fsp3) is 0.529. The quantitative estimate of drug-likeness (QED) is 0.452. The first-order chi connectivity index (χ1) is 9.88. The van der Waals surface area contributed by atoms with Crippen LogP contribution in [0.15, 0.2) is 24.3 Å². The van der Waals surface area contributed by atoms with E-state index in [1.807, 2.05) is 24.3 Å². The second-order valence-electron chi connectivity index (χ2n) is 5.02. The van der Waals surface area contributed by atoms with Gasteiger partial charge >= 0.3 is 0 Å². The second-order valence-corrected chi connectivity index (χ2v) is 5.39. The lowest BCUT2D eigenvalue weighted by Crippen LogP contribution is -2.21. The average Bonchev–Trinajstić information content (AvgIpc) is 2.99. The van der Waals surface area contributed by atoms with Crippen molar-refractivity contribution in [2.75, 3.05) is 32.1 Å². The van der Waals surface area contributed by atoms with Crippen molar-refractivity contribution in [3.63, 3.8) is 0 Å². The first-order valence-corrected chi connectivity index (χ1v) is 7.92. The lowest BCUT2D eigenvalue weighted by atomic mass is 10.2. The SMILES string of the molecule is ClCCC#Cc1ccc(OCCCN2CCCC2)cc1. The maximum atomic E-state index is 5.75. The summed E-state index contributed by atoms with van der Waals surface area (Å²) in [7, 11) is 0. The molecule has 0 spiro atoms. The molecule has 1 aromatic rings. The van der Waals surface area contributed by atoms with Crippen LogP contribution in [-0.2, 0) is 0 Å². The summed E-state index contributed by atoms with van der Waals surface area (Å²) in [6, 6.07) is 7.97. The number of ether oxygens (including phenoxy) is 1. The number of rotatable bonds is 6. The van der Waals surface area contributed by atoms with E-state index in [2.05, 4.69) is 16.7 Å². The molecule has 2 nitrogen and oxygen atoms in total. The summed E-state index contributed by atoms with van der Waals surface area (Å²) >= 11 is 5.59. The van der Waals surface area contributed by atoms with Gasteiger partial charge in [0.15, 0.2) is 0 Å². The van der Waals surface area contributed by atoms with Crippen LogP contribution in [0.1, 0.15) is 31.2 Å². The average molecular weight is 292 g/mol. The molecule has 0 aliphatic carbocycles. The van der Waals surface area contributed by atoms with E-state index in [1.54, 1.807) is 0 Å². The van der Waals surface area contributed by atoms with Crippen LogP contribution in [0.2, 0.25) is 0 Å². The minimum Gasteiger partial charge on any atom is -0.494 e. The summed E-state index contributed by atoms with van der Waals surface area (Å²) in [5.74, 6) is 7.62. The minimum absolute atomic E-state index is 0.589. The molecule has 3 heteroatoms. The molecule has 2 rings (SSSR count). The predicted molar refractivity (Wildman–Crippen MR) is 84.4 cm³/mol. The number of likely N-dealkylation sites (tertiary alicyclic amines) is 1. The molecular weight excluding hydrogens is 270 g/mol. The van der Waals surface area contributed by atoms with E-state index in [-0.39, 0.29) is 0 Å². The largest absolute Gasteiger partial charge is 0.494 e. The first kappa shape index (κ1) is 15.2. The van der Waals surface area contributed by atoms with Crippen LogP contribution in [0.4, 0.5) is 0 Å². The number of halogens is 1. The Hall–Kier alpha value is -1.17. The van der Waals surface area contributed by atoms with E-state index in [4.69, 9.17) is 16.3 Å². The Balaban J connectivity index is 1.67. The van der Waals surface area contributed by atoms with Gasteiger partial charge in [-0.2, -0.15) is 0 Å². The molecule has 0 N–H and O–H groups in total. The van der Waals surface area contributed by atoms with Crippen LogP contribution in [-0.4, -0.2) is 37.0 Å². The Morgan fingerprint density at radius 2 is 1.90 bits per heavy atom. The molecule has 1 aliphatic rings. The molecule has 1 aliphatic heterocycles. The van der Waals surface area contributed by atoms with Gasteiger partial charge in [-0.25, -0.2) is 0 Å². The van der Waals surface area contributed by atoms with Crippen LogP contribution in [0.3, 0.4) is 0 Å². The van der Waals surface area contributed by atoms with E-state index in [0.29, 0.717) is 5.88 Å². The summed E-state index contributed by atoms with van der Waals surface area (Å²) in [5.41, 5.74) is 1.01. The Kier molecular flexibility index (Phi) is 6.77. The molecule has 0 atom stereocenters. The summed E-state index contributed by atoms with van der Waals surface area (Å²) < 4.78 is 5.75. The molecule has 0 amide bonds. The third kappa shape index (κ3) is 5.45. The van der Waals surface area contributed by atoms with Crippen molar-refractivity contribution in [1.29, 1.82) is 0 Å². The van der Waals surface area contributed by atoms with Crippen LogP contribution >= 0.6 is 11.6 Å². The fourth-order valence-electron chi connectivity index (χ4n) is 2.33. The number of hydrogen-bond donors (Lipinski definition) is 0. The zero-order valence-corrected chi connectivity index (χ0v) is 12.7. The summed E-state index contributed by atoms with van der Waals surface area (Å²) in [4.78, 5) is 2.51. The standard InChI is InChI=1S/C17H22ClNO/c18-11-2-1-6-16-7-9-17(10-8-16)20-15-5-14-19-12-3-4-13-19/h7-10H,2-5,11-15H2. The van der Waals surface area contributed by atoms with Gasteiger partial charge in [0.2, 0.25) is 0 Å². The van der Waals surface area contributed by atoms with Gasteiger partial charge in [-0.05, 0) is 56.6 Å². The fourth-order valence-corrected chi connectivity index (χ4v) is 2.43. The third-order valence-corrected chi connectivity index (χ3v) is 3.58. The molecule has 1 saturated heterocycles. The van der Waals surface area contributed by atoms with Gasteiger partial charge in [0.05, 0.1) is 6.61 Å². The van der Waals surface area contributed by atoms with E-state index in [0.717, 1.165) is 37.3 Å². The Bertz CT molecular complexity index is 440. The van der Waals surface area contributed by atoms with Crippen molar-refractivity contribution >= 4 is 11.6 Å². The van der Waals surface area contributed by atoms with Gasteiger partial charge in [0, 0.05) is 24.4 Å². The molecule has 0 unspecified atom stereocenters. The predicted octanol–water partition coefficient (Wildman–Crippen LogP) is 3.53. The lowest BCUT2D eigenvalue weighted by Gasteiger charge is -2.14. The number of benzene rings is 1. The smallest absolute Gasteiger partial charge is 0.119 e. The van der Waals surface area contributed by atoms with Gasteiger partial charge < -0.3 is 9.64 Å². The number of nitrogens with zero attached hydrogens (tertiary/aromatic N) is 1. The van der Waals surface area contributed by atoms with Gasteiger partial charge in [0.25, 0.3) is 0 Å². The maximum absolute atomic E-state index is 5.75. The third-order valence-electron chi connectivity index (χ3n) is 3.39. The molecule has 1 heterocycles.